The van der Waals surface area contributed by atoms with Crippen molar-refractivity contribution < 1.29 is 14.9 Å². The fourth-order valence-electron chi connectivity index (χ4n) is 10.1. The molecule has 1 aliphatic heterocycles. The highest BCUT2D eigenvalue weighted by Crippen LogP contribution is 2.73. The van der Waals surface area contributed by atoms with E-state index in [1.807, 2.05) is 0 Å². The van der Waals surface area contributed by atoms with Crippen LogP contribution < -0.4 is 4.74 Å². The van der Waals surface area contributed by atoms with E-state index < -0.39 is 16.6 Å². The smallest absolute Gasteiger partial charge is 0.119 e. The van der Waals surface area contributed by atoms with Gasteiger partial charge in [0.2, 0.25) is 0 Å². The maximum Gasteiger partial charge on any atom is 0.119 e. The van der Waals surface area contributed by atoms with E-state index >= 15 is 0 Å². The molecule has 4 aliphatic carbocycles. The van der Waals surface area contributed by atoms with Crippen LogP contribution in [0.5, 0.6) is 5.75 Å². The van der Waals surface area contributed by atoms with Crippen LogP contribution in [-0.4, -0.2) is 64.0 Å². The molecule has 5 nitrogen and oxygen atoms in total. The second-order valence-electron chi connectivity index (χ2n) is 14.4. The van der Waals surface area contributed by atoms with Crippen LogP contribution in [0.2, 0.25) is 0 Å². The number of likely N-dealkylation sites (tertiary alicyclic amines) is 1. The van der Waals surface area contributed by atoms with Crippen molar-refractivity contribution in [2.24, 2.45) is 11.3 Å². The van der Waals surface area contributed by atoms with E-state index in [1.165, 1.54) is 35.1 Å². The lowest BCUT2D eigenvalue weighted by atomic mass is 9.54. The second kappa shape index (κ2) is 9.65. The number of hydrogen-bond donors (Lipinski definition) is 2. The Kier molecular flexibility index (Phi) is 6.18. The Morgan fingerprint density at radius 2 is 1.60 bits per heavy atom. The third-order valence-corrected chi connectivity index (χ3v) is 12.0. The van der Waals surface area contributed by atoms with Crippen molar-refractivity contribution in [2.45, 2.75) is 80.6 Å². The number of rotatable bonds is 9. The minimum absolute atomic E-state index is 0.0766. The Balaban J connectivity index is 1.24. The second-order valence-corrected chi connectivity index (χ2v) is 14.4. The number of methoxy groups -OCH3 is 1. The SMILES string of the molecule is COc1ccc2c(c1)C13CC4(C2)CN(CC2CC2)[C@H]4C1(O)CC[C@](CO)(N(Cc1ccccc1)Cc1ccccc1)C3. The minimum Gasteiger partial charge on any atom is -0.497 e. The Hall–Kier alpha value is -2.70. The van der Waals surface area contributed by atoms with Crippen LogP contribution in [-0.2, 0) is 24.9 Å². The van der Waals surface area contributed by atoms with Crippen LogP contribution >= 0.6 is 0 Å². The standard InChI is InChI=1S/C37H44N2O3/c1-42-31-15-14-30-19-34-23-36(32(30)18-31)24-35(26-40,16-17-37(36,41)33(34)38(25-34)20-29-12-13-29)39(21-27-8-4-2-5-9-27)22-28-10-6-3-7-11-28/h2-11,14-15,18,29,33,40-41H,12-13,16-17,19-26H2,1H3/t33-,34?,35+,36?,37?/m1/s1. The van der Waals surface area contributed by atoms with Crippen molar-refractivity contribution in [1.82, 2.24) is 9.80 Å². The molecule has 0 amide bonds. The molecule has 3 aromatic rings. The fraction of sp³-hybridized carbons (Fsp3) is 0.514. The highest BCUT2D eigenvalue weighted by Gasteiger charge is 2.79. The van der Waals surface area contributed by atoms with Gasteiger partial charge < -0.3 is 14.9 Å². The first kappa shape index (κ1) is 26.9. The van der Waals surface area contributed by atoms with Gasteiger partial charge in [0, 0.05) is 48.6 Å². The van der Waals surface area contributed by atoms with E-state index in [0.29, 0.717) is 6.42 Å². The van der Waals surface area contributed by atoms with Gasteiger partial charge in [-0.1, -0.05) is 66.7 Å². The van der Waals surface area contributed by atoms with Gasteiger partial charge in [0.15, 0.2) is 0 Å². The zero-order valence-corrected chi connectivity index (χ0v) is 24.8. The largest absolute Gasteiger partial charge is 0.497 e. The Bertz CT molecular complexity index is 1420. The van der Waals surface area contributed by atoms with E-state index in [9.17, 15) is 10.2 Å². The summed E-state index contributed by atoms with van der Waals surface area (Å²) in [5, 5.41) is 24.7. The van der Waals surface area contributed by atoms with Gasteiger partial charge in [0.25, 0.3) is 0 Å². The molecule has 3 unspecified atom stereocenters. The fourth-order valence-corrected chi connectivity index (χ4v) is 10.1. The summed E-state index contributed by atoms with van der Waals surface area (Å²) in [7, 11) is 1.74. The first-order valence-corrected chi connectivity index (χ1v) is 16.0. The lowest BCUT2D eigenvalue weighted by Gasteiger charge is -2.60. The molecule has 1 heterocycles. The molecule has 2 N–H and O–H groups in total. The predicted octanol–water partition coefficient (Wildman–Crippen LogP) is 5.32. The zero-order chi connectivity index (χ0) is 28.6. The monoisotopic (exact) mass is 564 g/mol. The molecule has 4 fully saturated rings. The lowest BCUT2D eigenvalue weighted by molar-refractivity contribution is -0.175. The quantitative estimate of drug-likeness (QED) is 0.368. The summed E-state index contributed by atoms with van der Waals surface area (Å²) in [6.07, 6.45) is 6.93. The van der Waals surface area contributed by atoms with E-state index in [4.69, 9.17) is 4.74 Å². The molecule has 3 saturated carbocycles. The molecule has 0 radical (unpaired) electrons. The van der Waals surface area contributed by atoms with E-state index in [-0.39, 0.29) is 18.1 Å². The Labute approximate surface area is 250 Å². The molecule has 3 aromatic carbocycles. The van der Waals surface area contributed by atoms with Gasteiger partial charge in [-0.2, -0.15) is 0 Å². The maximum atomic E-state index is 13.2. The summed E-state index contributed by atoms with van der Waals surface area (Å²) < 4.78 is 5.78. The summed E-state index contributed by atoms with van der Waals surface area (Å²) in [6, 6.07) is 28.1. The van der Waals surface area contributed by atoms with Gasteiger partial charge in [0.1, 0.15) is 5.75 Å². The summed E-state index contributed by atoms with van der Waals surface area (Å²) in [5.74, 6) is 1.67. The first-order valence-electron chi connectivity index (χ1n) is 16.0. The molecule has 0 aromatic heterocycles. The summed E-state index contributed by atoms with van der Waals surface area (Å²) >= 11 is 0. The molecule has 1 saturated heterocycles. The maximum absolute atomic E-state index is 13.2. The molecule has 5 heteroatoms. The first-order chi connectivity index (χ1) is 20.4. The van der Waals surface area contributed by atoms with Crippen molar-refractivity contribution >= 4 is 0 Å². The highest BCUT2D eigenvalue weighted by atomic mass is 16.5. The van der Waals surface area contributed by atoms with Crippen LogP contribution in [0.15, 0.2) is 78.9 Å². The van der Waals surface area contributed by atoms with Gasteiger partial charge in [-0.3, -0.25) is 9.80 Å². The molecular weight excluding hydrogens is 520 g/mol. The van der Waals surface area contributed by atoms with Gasteiger partial charge in [-0.25, -0.2) is 0 Å². The average Bonchev–Trinajstić information content (AvgIpc) is 3.81. The summed E-state index contributed by atoms with van der Waals surface area (Å²) in [5.41, 5.74) is 3.56. The Morgan fingerprint density at radius 3 is 2.21 bits per heavy atom. The number of fused-ring (bicyclic) bond motifs is 2. The van der Waals surface area contributed by atoms with Crippen molar-refractivity contribution in [3.63, 3.8) is 0 Å². The number of nitrogens with zero attached hydrogens (tertiary/aromatic N) is 2. The summed E-state index contributed by atoms with van der Waals surface area (Å²) in [6.45, 7) is 3.82. The van der Waals surface area contributed by atoms with Gasteiger partial charge in [0.05, 0.1) is 19.3 Å². The molecule has 5 aliphatic rings. The Morgan fingerprint density at radius 1 is 0.905 bits per heavy atom. The van der Waals surface area contributed by atoms with Crippen LogP contribution in [0, 0.1) is 11.3 Å². The minimum atomic E-state index is -0.818. The van der Waals surface area contributed by atoms with Gasteiger partial charge >= 0.3 is 0 Å². The highest BCUT2D eigenvalue weighted by molar-refractivity contribution is 5.53. The molecule has 220 valence electrons. The molecule has 2 spiro atoms. The van der Waals surface area contributed by atoms with Gasteiger partial charge in [-0.15, -0.1) is 0 Å². The van der Waals surface area contributed by atoms with E-state index in [1.54, 1.807) is 7.11 Å². The van der Waals surface area contributed by atoms with E-state index in [0.717, 1.165) is 63.5 Å². The molecular formula is C37H44N2O3. The number of benzene rings is 3. The molecule has 5 atom stereocenters. The van der Waals surface area contributed by atoms with Gasteiger partial charge in [-0.05, 0) is 85.3 Å². The van der Waals surface area contributed by atoms with Crippen LogP contribution in [0.1, 0.15) is 60.8 Å². The van der Waals surface area contributed by atoms with Crippen molar-refractivity contribution in [1.29, 1.82) is 0 Å². The van der Waals surface area contributed by atoms with Crippen molar-refractivity contribution in [2.75, 3.05) is 26.8 Å². The lowest BCUT2D eigenvalue weighted by Crippen LogP contribution is -2.72. The topological polar surface area (TPSA) is 56.2 Å². The third kappa shape index (κ3) is 3.90. The number of hydrogen-bond acceptors (Lipinski definition) is 5. The number of aliphatic hydroxyl groups excluding tert-OH is 1. The molecule has 8 rings (SSSR count). The summed E-state index contributed by atoms with van der Waals surface area (Å²) in [4.78, 5) is 5.19. The molecule has 2 bridgehead atoms. The predicted molar refractivity (Wildman–Crippen MR) is 164 cm³/mol. The van der Waals surface area contributed by atoms with Crippen LogP contribution in [0.3, 0.4) is 0 Å². The normalized spacial score (nSPS) is 34.8. The number of aliphatic hydroxyl groups is 2. The number of ether oxygens (including phenoxy) is 1. The van der Waals surface area contributed by atoms with Crippen molar-refractivity contribution in [3.05, 3.63) is 101 Å². The van der Waals surface area contributed by atoms with Crippen LogP contribution in [0.4, 0.5) is 0 Å². The van der Waals surface area contributed by atoms with E-state index in [2.05, 4.69) is 88.7 Å². The van der Waals surface area contributed by atoms with Crippen molar-refractivity contribution in [3.8, 4) is 5.75 Å². The third-order valence-electron chi connectivity index (χ3n) is 12.0. The average molecular weight is 565 g/mol. The zero-order valence-electron chi connectivity index (χ0n) is 24.8. The van der Waals surface area contributed by atoms with Crippen LogP contribution in [0.25, 0.3) is 0 Å². The molecule has 42 heavy (non-hydrogen) atoms.